The van der Waals surface area contributed by atoms with E-state index < -0.39 is 0 Å². The molecule has 2 fully saturated rings. The third-order valence-electron chi connectivity index (χ3n) is 4.78. The van der Waals surface area contributed by atoms with E-state index in [9.17, 15) is 0 Å². The van der Waals surface area contributed by atoms with Crippen LogP contribution in [0.5, 0.6) is 0 Å². The highest BCUT2D eigenvalue weighted by molar-refractivity contribution is 5.66. The predicted octanol–water partition coefficient (Wildman–Crippen LogP) is 3.67. The molecule has 0 amide bonds. The molecule has 3 nitrogen and oxygen atoms in total. The Morgan fingerprint density at radius 3 is 2.74 bits per heavy atom. The van der Waals surface area contributed by atoms with Crippen LogP contribution in [0.2, 0.25) is 0 Å². The van der Waals surface area contributed by atoms with Crippen molar-refractivity contribution in [3.63, 3.8) is 0 Å². The molecule has 19 heavy (non-hydrogen) atoms. The smallest absolute Gasteiger partial charge is 0.151 e. The summed E-state index contributed by atoms with van der Waals surface area (Å²) < 4.78 is 0. The number of pyridine rings is 1. The topological polar surface area (TPSA) is 28.2 Å². The number of anilines is 2. The van der Waals surface area contributed by atoms with Gasteiger partial charge in [0.05, 0.1) is 5.69 Å². The van der Waals surface area contributed by atoms with Crippen LogP contribution in [0.1, 0.15) is 46.0 Å². The number of nitrogens with zero attached hydrogens (tertiary/aromatic N) is 2. The molecule has 1 aromatic rings. The van der Waals surface area contributed by atoms with E-state index in [1.807, 2.05) is 12.3 Å². The number of rotatable bonds is 3. The number of nitrogens with one attached hydrogen (secondary N) is 1. The second kappa shape index (κ2) is 5.03. The van der Waals surface area contributed by atoms with E-state index in [0.29, 0.717) is 11.5 Å². The molecule has 0 radical (unpaired) electrons. The van der Waals surface area contributed by atoms with E-state index in [1.165, 1.54) is 37.8 Å². The SMILES string of the molecule is CC1(C)CCCC1Nc1cccnc1N1CCCC1. The molecule has 2 aliphatic rings. The molecule has 104 valence electrons. The molecule has 3 rings (SSSR count). The highest BCUT2D eigenvalue weighted by atomic mass is 15.2. The summed E-state index contributed by atoms with van der Waals surface area (Å²) in [7, 11) is 0. The number of hydrogen-bond acceptors (Lipinski definition) is 3. The second-order valence-corrected chi connectivity index (χ2v) is 6.65. The van der Waals surface area contributed by atoms with Gasteiger partial charge in [0.2, 0.25) is 0 Å². The standard InChI is InChI=1S/C16H25N3/c1-16(2)9-5-8-14(16)18-13-7-6-10-17-15(13)19-11-3-4-12-19/h6-7,10,14,18H,3-5,8-9,11-12H2,1-2H3. The Morgan fingerprint density at radius 2 is 2.05 bits per heavy atom. The van der Waals surface area contributed by atoms with E-state index >= 15 is 0 Å². The number of aromatic nitrogens is 1. The summed E-state index contributed by atoms with van der Waals surface area (Å²) in [4.78, 5) is 7.03. The fourth-order valence-electron chi connectivity index (χ4n) is 3.47. The first kappa shape index (κ1) is 12.8. The molecular weight excluding hydrogens is 234 g/mol. The van der Waals surface area contributed by atoms with Gasteiger partial charge in [-0.3, -0.25) is 0 Å². The van der Waals surface area contributed by atoms with Crippen LogP contribution >= 0.6 is 0 Å². The van der Waals surface area contributed by atoms with Crippen molar-refractivity contribution in [2.75, 3.05) is 23.3 Å². The van der Waals surface area contributed by atoms with Crippen molar-refractivity contribution in [2.24, 2.45) is 5.41 Å². The Balaban J connectivity index is 1.80. The van der Waals surface area contributed by atoms with Gasteiger partial charge in [-0.25, -0.2) is 4.98 Å². The fourth-order valence-corrected chi connectivity index (χ4v) is 3.47. The average Bonchev–Trinajstić information content (AvgIpc) is 3.01. The molecule has 0 spiro atoms. The highest BCUT2D eigenvalue weighted by Gasteiger charge is 2.35. The van der Waals surface area contributed by atoms with Gasteiger partial charge in [0.15, 0.2) is 5.82 Å². The van der Waals surface area contributed by atoms with Crippen molar-refractivity contribution in [1.82, 2.24) is 4.98 Å². The molecule has 1 aromatic heterocycles. The van der Waals surface area contributed by atoms with Crippen LogP contribution in [0, 0.1) is 5.41 Å². The van der Waals surface area contributed by atoms with Crippen molar-refractivity contribution in [3.05, 3.63) is 18.3 Å². The maximum absolute atomic E-state index is 4.61. The van der Waals surface area contributed by atoms with Crippen LogP contribution in [-0.4, -0.2) is 24.1 Å². The number of hydrogen-bond donors (Lipinski definition) is 1. The molecule has 1 saturated carbocycles. The minimum atomic E-state index is 0.401. The van der Waals surface area contributed by atoms with Crippen LogP contribution < -0.4 is 10.2 Å². The molecule has 1 aliphatic carbocycles. The Kier molecular flexibility index (Phi) is 3.38. The zero-order valence-corrected chi connectivity index (χ0v) is 12.2. The third kappa shape index (κ3) is 2.56. The molecule has 1 saturated heterocycles. The van der Waals surface area contributed by atoms with Gasteiger partial charge in [-0.2, -0.15) is 0 Å². The minimum Gasteiger partial charge on any atom is -0.379 e. The summed E-state index contributed by atoms with van der Waals surface area (Å²) >= 11 is 0. The monoisotopic (exact) mass is 259 g/mol. The highest BCUT2D eigenvalue weighted by Crippen LogP contribution is 2.40. The third-order valence-corrected chi connectivity index (χ3v) is 4.78. The maximum atomic E-state index is 4.61. The van der Waals surface area contributed by atoms with Crippen LogP contribution in [0.4, 0.5) is 11.5 Å². The molecule has 0 bridgehead atoms. The first-order valence-electron chi connectivity index (χ1n) is 7.63. The molecule has 2 heterocycles. The first-order chi connectivity index (χ1) is 9.17. The lowest BCUT2D eigenvalue weighted by molar-refractivity contribution is 0.350. The van der Waals surface area contributed by atoms with Gasteiger partial charge in [0.1, 0.15) is 0 Å². The van der Waals surface area contributed by atoms with Crippen LogP contribution in [0.25, 0.3) is 0 Å². The molecule has 3 heteroatoms. The van der Waals surface area contributed by atoms with Crippen LogP contribution in [0.15, 0.2) is 18.3 Å². The van der Waals surface area contributed by atoms with E-state index in [1.54, 1.807) is 0 Å². The Labute approximate surface area is 116 Å². The van der Waals surface area contributed by atoms with E-state index in [0.717, 1.165) is 18.9 Å². The van der Waals surface area contributed by atoms with Crippen LogP contribution in [-0.2, 0) is 0 Å². The van der Waals surface area contributed by atoms with Crippen molar-refractivity contribution in [3.8, 4) is 0 Å². The van der Waals surface area contributed by atoms with Gasteiger partial charge in [-0.05, 0) is 43.2 Å². The molecule has 1 N–H and O–H groups in total. The Bertz CT molecular complexity index is 435. The van der Waals surface area contributed by atoms with E-state index in [-0.39, 0.29) is 0 Å². The van der Waals surface area contributed by atoms with Crippen molar-refractivity contribution >= 4 is 11.5 Å². The lowest BCUT2D eigenvalue weighted by atomic mass is 9.87. The van der Waals surface area contributed by atoms with Gasteiger partial charge >= 0.3 is 0 Å². The minimum absolute atomic E-state index is 0.401. The summed E-state index contributed by atoms with van der Waals surface area (Å²) in [6.45, 7) is 7.06. The Morgan fingerprint density at radius 1 is 1.26 bits per heavy atom. The lowest BCUT2D eigenvalue weighted by Crippen LogP contribution is -2.32. The van der Waals surface area contributed by atoms with E-state index in [4.69, 9.17) is 0 Å². The quantitative estimate of drug-likeness (QED) is 0.897. The van der Waals surface area contributed by atoms with Gasteiger partial charge in [0, 0.05) is 25.3 Å². The molecule has 1 unspecified atom stereocenters. The molecule has 1 atom stereocenters. The summed E-state index contributed by atoms with van der Waals surface area (Å²) in [5, 5.41) is 3.77. The fraction of sp³-hybridized carbons (Fsp3) is 0.688. The molecule has 1 aliphatic heterocycles. The first-order valence-corrected chi connectivity index (χ1v) is 7.63. The van der Waals surface area contributed by atoms with Gasteiger partial charge in [-0.15, -0.1) is 0 Å². The summed E-state index contributed by atoms with van der Waals surface area (Å²) in [6.07, 6.45) is 8.45. The largest absolute Gasteiger partial charge is 0.379 e. The van der Waals surface area contributed by atoms with Crippen molar-refractivity contribution in [1.29, 1.82) is 0 Å². The van der Waals surface area contributed by atoms with Gasteiger partial charge in [-0.1, -0.05) is 20.3 Å². The van der Waals surface area contributed by atoms with Crippen LogP contribution in [0.3, 0.4) is 0 Å². The summed E-state index contributed by atoms with van der Waals surface area (Å²) in [5.41, 5.74) is 1.63. The van der Waals surface area contributed by atoms with Crippen molar-refractivity contribution < 1.29 is 0 Å². The predicted molar refractivity (Wildman–Crippen MR) is 80.7 cm³/mol. The lowest BCUT2D eigenvalue weighted by Gasteiger charge is -2.30. The summed E-state index contributed by atoms with van der Waals surface area (Å²) in [6, 6.07) is 4.82. The Hall–Kier alpha value is -1.25. The van der Waals surface area contributed by atoms with Gasteiger partial charge in [0.25, 0.3) is 0 Å². The second-order valence-electron chi connectivity index (χ2n) is 6.65. The zero-order valence-electron chi connectivity index (χ0n) is 12.2. The zero-order chi connectivity index (χ0) is 13.3. The van der Waals surface area contributed by atoms with Crippen molar-refractivity contribution in [2.45, 2.75) is 52.0 Å². The van der Waals surface area contributed by atoms with E-state index in [2.05, 4.69) is 35.1 Å². The normalized spacial score (nSPS) is 25.8. The maximum Gasteiger partial charge on any atom is 0.151 e. The molecule has 0 aromatic carbocycles. The average molecular weight is 259 g/mol. The van der Waals surface area contributed by atoms with Gasteiger partial charge < -0.3 is 10.2 Å². The summed E-state index contributed by atoms with van der Waals surface area (Å²) in [5.74, 6) is 1.16. The molecular formula is C16H25N3.